The Morgan fingerprint density at radius 3 is 2.50 bits per heavy atom. The maximum absolute atomic E-state index is 12.6. The molecule has 0 radical (unpaired) electrons. The Bertz CT molecular complexity index is 843. The number of carbonyl (C=O) groups excluding carboxylic acids is 1. The quantitative estimate of drug-likeness (QED) is 0.821. The lowest BCUT2D eigenvalue weighted by Gasteiger charge is -2.49. The third kappa shape index (κ3) is 3.86. The molecular formula is C19H20F3N3O2S. The van der Waals surface area contributed by atoms with Gasteiger partial charge in [0, 0.05) is 23.0 Å². The highest BCUT2D eigenvalue weighted by Gasteiger charge is 2.40. The number of thiazole rings is 1. The molecule has 150 valence electrons. The predicted octanol–water partition coefficient (Wildman–Crippen LogP) is 4.17. The van der Waals surface area contributed by atoms with Gasteiger partial charge in [0.25, 0.3) is 11.1 Å². The number of hydrogen-bond acceptors (Lipinski definition) is 5. The normalized spacial score (nSPS) is 26.9. The van der Waals surface area contributed by atoms with Gasteiger partial charge in [0.2, 0.25) is 0 Å². The molecule has 0 unspecified atom stereocenters. The van der Waals surface area contributed by atoms with Gasteiger partial charge in [-0.3, -0.25) is 9.69 Å². The standard InChI is InChI=1S/C19H20F3N3O2S/c1-11-16(12-6-8-25(11)9-7-12)24-17(26)13-2-4-14(5-3-13)27-18-23-15(10-28-18)19(20,21)22/h2-5,10-12,16H,6-9H2,1H3,(H,24,26)/t11-,16+/m1/s1. The highest BCUT2D eigenvalue weighted by molar-refractivity contribution is 7.11. The van der Waals surface area contributed by atoms with Gasteiger partial charge in [-0.25, -0.2) is 0 Å². The molecule has 3 aliphatic rings. The molecule has 0 aliphatic carbocycles. The summed E-state index contributed by atoms with van der Waals surface area (Å²) in [5.74, 6) is 0.695. The third-order valence-corrected chi connectivity index (χ3v) is 6.29. The molecule has 28 heavy (non-hydrogen) atoms. The van der Waals surface area contributed by atoms with E-state index in [2.05, 4.69) is 22.1 Å². The van der Waals surface area contributed by atoms with Crippen LogP contribution in [0.3, 0.4) is 0 Å². The number of aromatic nitrogens is 1. The first-order valence-corrected chi connectivity index (χ1v) is 10.0. The minimum Gasteiger partial charge on any atom is -0.431 e. The van der Waals surface area contributed by atoms with Gasteiger partial charge in [-0.05, 0) is 63.0 Å². The molecule has 3 fully saturated rings. The van der Waals surface area contributed by atoms with Crippen LogP contribution < -0.4 is 10.1 Å². The topological polar surface area (TPSA) is 54.5 Å². The van der Waals surface area contributed by atoms with Gasteiger partial charge >= 0.3 is 6.18 Å². The molecule has 2 bridgehead atoms. The first-order valence-electron chi connectivity index (χ1n) is 9.17. The maximum atomic E-state index is 12.6. The lowest BCUT2D eigenvalue weighted by molar-refractivity contribution is -0.140. The number of ether oxygens (including phenoxy) is 1. The molecular weight excluding hydrogens is 391 g/mol. The van der Waals surface area contributed by atoms with Crippen molar-refractivity contribution in [2.75, 3.05) is 13.1 Å². The second-order valence-electron chi connectivity index (χ2n) is 7.24. The number of nitrogens with zero attached hydrogens (tertiary/aromatic N) is 2. The third-order valence-electron chi connectivity index (χ3n) is 5.57. The smallest absolute Gasteiger partial charge is 0.431 e. The minimum absolute atomic E-state index is 0.0920. The summed E-state index contributed by atoms with van der Waals surface area (Å²) in [6, 6.07) is 6.80. The lowest BCUT2D eigenvalue weighted by atomic mass is 9.79. The number of amides is 1. The van der Waals surface area contributed by atoms with Crippen LogP contribution in [0.2, 0.25) is 0 Å². The summed E-state index contributed by atoms with van der Waals surface area (Å²) in [4.78, 5) is 18.4. The van der Waals surface area contributed by atoms with Gasteiger partial charge in [-0.2, -0.15) is 18.2 Å². The average Bonchev–Trinajstić information content (AvgIpc) is 3.14. The molecule has 1 aromatic heterocycles. The van der Waals surface area contributed by atoms with E-state index < -0.39 is 11.9 Å². The van der Waals surface area contributed by atoms with Gasteiger partial charge < -0.3 is 10.1 Å². The van der Waals surface area contributed by atoms with Gasteiger partial charge in [-0.1, -0.05) is 11.3 Å². The predicted molar refractivity (Wildman–Crippen MR) is 98.6 cm³/mol. The molecule has 1 amide bonds. The van der Waals surface area contributed by atoms with Crippen molar-refractivity contribution < 1.29 is 22.7 Å². The van der Waals surface area contributed by atoms with Crippen molar-refractivity contribution in [3.8, 4) is 10.9 Å². The van der Waals surface area contributed by atoms with Crippen molar-refractivity contribution in [2.24, 2.45) is 5.92 Å². The molecule has 1 aromatic carbocycles. The van der Waals surface area contributed by atoms with Crippen molar-refractivity contribution in [3.05, 3.63) is 40.9 Å². The van der Waals surface area contributed by atoms with E-state index in [1.807, 2.05) is 0 Å². The van der Waals surface area contributed by atoms with E-state index in [9.17, 15) is 18.0 Å². The number of piperidine rings is 3. The average molecular weight is 411 g/mol. The zero-order chi connectivity index (χ0) is 19.9. The molecule has 0 spiro atoms. The Morgan fingerprint density at radius 1 is 1.25 bits per heavy atom. The zero-order valence-corrected chi connectivity index (χ0v) is 16.0. The van der Waals surface area contributed by atoms with Crippen LogP contribution >= 0.6 is 11.3 Å². The van der Waals surface area contributed by atoms with Crippen LogP contribution in [0.1, 0.15) is 35.8 Å². The summed E-state index contributed by atoms with van der Waals surface area (Å²) < 4.78 is 43.2. The van der Waals surface area contributed by atoms with Gasteiger partial charge in [-0.15, -0.1) is 0 Å². The molecule has 1 N–H and O–H groups in total. The van der Waals surface area contributed by atoms with Crippen LogP contribution in [0.4, 0.5) is 13.2 Å². The first-order chi connectivity index (χ1) is 13.3. The van der Waals surface area contributed by atoms with E-state index in [0.29, 0.717) is 23.3 Å². The van der Waals surface area contributed by atoms with Crippen LogP contribution in [0.25, 0.3) is 0 Å². The Hall–Kier alpha value is -2.13. The second kappa shape index (κ2) is 7.36. The molecule has 5 rings (SSSR count). The maximum Gasteiger partial charge on any atom is 0.434 e. The molecule has 0 saturated carbocycles. The van der Waals surface area contributed by atoms with Gasteiger partial charge in [0.15, 0.2) is 5.69 Å². The number of halogens is 3. The van der Waals surface area contributed by atoms with E-state index in [-0.39, 0.29) is 17.1 Å². The van der Waals surface area contributed by atoms with E-state index in [1.54, 1.807) is 24.3 Å². The largest absolute Gasteiger partial charge is 0.434 e. The Balaban J connectivity index is 1.39. The summed E-state index contributed by atoms with van der Waals surface area (Å²) in [5, 5.41) is 3.97. The number of hydrogen-bond donors (Lipinski definition) is 1. The van der Waals surface area contributed by atoms with Gasteiger partial charge in [0.1, 0.15) is 5.75 Å². The lowest BCUT2D eigenvalue weighted by Crippen LogP contribution is -2.62. The highest BCUT2D eigenvalue weighted by atomic mass is 32.1. The summed E-state index contributed by atoms with van der Waals surface area (Å²) >= 11 is 0.775. The van der Waals surface area contributed by atoms with Crippen LogP contribution in [0, 0.1) is 5.92 Å². The first kappa shape index (κ1) is 19.2. The number of benzene rings is 1. The van der Waals surface area contributed by atoms with Gasteiger partial charge in [0.05, 0.1) is 0 Å². The van der Waals surface area contributed by atoms with Crippen molar-refractivity contribution >= 4 is 17.2 Å². The van der Waals surface area contributed by atoms with Crippen molar-refractivity contribution in [1.29, 1.82) is 0 Å². The fourth-order valence-electron chi connectivity index (χ4n) is 3.99. The Kier molecular flexibility index (Phi) is 5.05. The molecule has 3 aliphatic heterocycles. The molecule has 2 aromatic rings. The van der Waals surface area contributed by atoms with E-state index >= 15 is 0 Å². The van der Waals surface area contributed by atoms with Crippen LogP contribution in [0.5, 0.6) is 10.9 Å². The van der Waals surface area contributed by atoms with Crippen LogP contribution in [-0.4, -0.2) is 41.0 Å². The van der Waals surface area contributed by atoms with Crippen molar-refractivity contribution in [1.82, 2.24) is 15.2 Å². The summed E-state index contributed by atoms with van der Waals surface area (Å²) in [5.41, 5.74) is -0.485. The minimum atomic E-state index is -4.49. The van der Waals surface area contributed by atoms with Crippen LogP contribution in [-0.2, 0) is 6.18 Å². The molecule has 5 nitrogen and oxygen atoms in total. The highest BCUT2D eigenvalue weighted by Crippen LogP contribution is 2.34. The molecule has 3 saturated heterocycles. The van der Waals surface area contributed by atoms with Crippen LogP contribution in [0.15, 0.2) is 29.6 Å². The summed E-state index contributed by atoms with van der Waals surface area (Å²) in [7, 11) is 0. The fraction of sp³-hybridized carbons (Fsp3) is 0.474. The van der Waals surface area contributed by atoms with E-state index in [0.717, 1.165) is 42.6 Å². The molecule has 9 heteroatoms. The number of nitrogens with one attached hydrogen (secondary N) is 1. The summed E-state index contributed by atoms with van der Waals surface area (Å²) in [6.07, 6.45) is -2.28. The zero-order valence-electron chi connectivity index (χ0n) is 15.2. The van der Waals surface area contributed by atoms with Crippen molar-refractivity contribution in [2.45, 2.75) is 38.0 Å². The number of fused-ring (bicyclic) bond motifs is 3. The Morgan fingerprint density at radius 2 is 1.93 bits per heavy atom. The van der Waals surface area contributed by atoms with E-state index in [4.69, 9.17) is 4.74 Å². The number of alkyl halides is 3. The van der Waals surface area contributed by atoms with Crippen molar-refractivity contribution in [3.63, 3.8) is 0 Å². The van der Waals surface area contributed by atoms with E-state index in [1.165, 1.54) is 0 Å². The monoisotopic (exact) mass is 411 g/mol. The molecule has 4 heterocycles. The SMILES string of the molecule is C[C@@H]1[C@H](NC(=O)c2ccc(Oc3nc(C(F)(F)F)cs3)cc2)C2CCN1CC2. The Labute approximate surface area is 164 Å². The molecule has 2 atom stereocenters. The fourth-order valence-corrected chi connectivity index (χ4v) is 4.68. The second-order valence-corrected chi connectivity index (χ2v) is 8.06. The number of rotatable bonds is 4. The summed E-state index contributed by atoms with van der Waals surface area (Å²) in [6.45, 7) is 4.34. The number of carbonyl (C=O) groups is 1.